The molecule has 51 heavy (non-hydrogen) atoms. The summed E-state index contributed by atoms with van der Waals surface area (Å²) in [5.41, 5.74) is 6.70. The topological polar surface area (TPSA) is 143 Å². The molecule has 0 unspecified atom stereocenters. The van der Waals surface area contributed by atoms with Crippen LogP contribution in [0.25, 0.3) is 21.9 Å². The van der Waals surface area contributed by atoms with Crippen LogP contribution in [-0.2, 0) is 22.1 Å². The van der Waals surface area contributed by atoms with Gasteiger partial charge < -0.3 is 30.2 Å². The molecule has 2 aromatic carbocycles. The Morgan fingerprint density at radius 1 is 1.00 bits per heavy atom. The molecule has 3 aromatic heterocycles. The summed E-state index contributed by atoms with van der Waals surface area (Å²) < 4.78 is 48.9. The maximum Gasteiger partial charge on any atom is 0.418 e. The van der Waals surface area contributed by atoms with Gasteiger partial charge in [0.15, 0.2) is 6.10 Å². The molecular formula is C35H34ClF3N8O4. The summed E-state index contributed by atoms with van der Waals surface area (Å²) in [6.07, 6.45) is -1.48. The highest BCUT2D eigenvalue weighted by Gasteiger charge is 2.37. The molecule has 2 saturated heterocycles. The third-order valence-electron chi connectivity index (χ3n) is 9.61. The number of hydrogen-bond donors (Lipinski definition) is 2. The number of imidazole rings is 1. The van der Waals surface area contributed by atoms with Gasteiger partial charge in [0.25, 0.3) is 5.91 Å². The van der Waals surface area contributed by atoms with E-state index in [1.54, 1.807) is 28.1 Å². The highest BCUT2D eigenvalue weighted by Crippen LogP contribution is 2.38. The number of nitrogens with zero attached hydrogens (tertiary/aromatic N) is 6. The molecule has 2 amide bonds. The van der Waals surface area contributed by atoms with Gasteiger partial charge in [0.2, 0.25) is 0 Å². The molecule has 0 radical (unpaired) electrons. The molecule has 2 aliphatic rings. The number of fused-ring (bicyclic) bond motifs is 3. The number of benzene rings is 2. The van der Waals surface area contributed by atoms with Crippen molar-refractivity contribution in [2.75, 3.05) is 49.9 Å². The first-order valence-electron chi connectivity index (χ1n) is 16.5. The standard InChI is InChI=1S/C35H34ClF3N8O4/c36-26-18-21(17-25(30(26)40)35(37,38)39)19-29(32(48)45-15-13-44(14-16-45)22-5-9-41-10-6-22)51-34(50)46-11-7-23(8-12-46)47-28-20-42-27-4-2-1-3-24(27)31(28)43-33(47)49/h1-6,9-10,17-18,20,23,29H,7-8,11-16,19,40H2,(H,43,49)/t29-/m1/s1. The molecule has 3 N–H and O–H groups in total. The van der Waals surface area contributed by atoms with E-state index in [9.17, 15) is 27.6 Å². The molecule has 7 rings (SSSR count). The van der Waals surface area contributed by atoms with Gasteiger partial charge in [-0.2, -0.15) is 13.2 Å². The van der Waals surface area contributed by atoms with Crippen molar-refractivity contribution in [3.05, 3.63) is 93.8 Å². The highest BCUT2D eigenvalue weighted by molar-refractivity contribution is 6.33. The number of alkyl halides is 3. The van der Waals surface area contributed by atoms with E-state index in [2.05, 4.69) is 19.9 Å². The summed E-state index contributed by atoms with van der Waals surface area (Å²) in [5.74, 6) is -0.529. The van der Waals surface area contributed by atoms with Crippen molar-refractivity contribution in [3.63, 3.8) is 0 Å². The minimum Gasteiger partial charge on any atom is -0.436 e. The molecule has 16 heteroatoms. The second kappa shape index (κ2) is 13.8. The Labute approximate surface area is 294 Å². The van der Waals surface area contributed by atoms with Crippen LogP contribution in [0.3, 0.4) is 0 Å². The second-order valence-electron chi connectivity index (χ2n) is 12.7. The Balaban J connectivity index is 1.08. The Morgan fingerprint density at radius 2 is 1.71 bits per heavy atom. The third kappa shape index (κ3) is 6.89. The van der Waals surface area contributed by atoms with E-state index in [0.717, 1.165) is 22.7 Å². The number of piperazine rings is 1. The number of likely N-dealkylation sites (tertiary alicyclic amines) is 1. The number of halogens is 4. The zero-order valence-corrected chi connectivity index (χ0v) is 28.0. The summed E-state index contributed by atoms with van der Waals surface area (Å²) in [6.45, 7) is 2.05. The SMILES string of the molecule is Nc1c(Cl)cc(C[C@@H](OC(=O)N2CCC(n3c(=O)[nH]c4c5ccccc5ncc43)CC2)C(=O)N2CCN(c3ccncc3)CC2)cc1C(F)(F)F. The number of aromatic nitrogens is 4. The molecule has 0 bridgehead atoms. The Bertz CT molecular complexity index is 2140. The van der Waals surface area contributed by atoms with Crippen molar-refractivity contribution in [1.29, 1.82) is 0 Å². The molecule has 0 spiro atoms. The fourth-order valence-corrected chi connectivity index (χ4v) is 7.19. The number of carbonyl (C=O) groups excluding carboxylic acids is 2. The number of amides is 2. The van der Waals surface area contributed by atoms with Crippen molar-refractivity contribution in [2.45, 2.75) is 37.6 Å². The molecule has 0 aliphatic carbocycles. The molecule has 2 fully saturated rings. The average Bonchev–Trinajstić information content (AvgIpc) is 3.48. The summed E-state index contributed by atoms with van der Waals surface area (Å²) in [5, 5.41) is 0.507. The monoisotopic (exact) mass is 722 g/mol. The maximum absolute atomic E-state index is 13.9. The number of nitrogens with two attached hydrogens (primary N) is 1. The first kappa shape index (κ1) is 34.2. The first-order valence-corrected chi connectivity index (χ1v) is 16.9. The Kier molecular flexibility index (Phi) is 9.23. The molecule has 0 saturated carbocycles. The number of H-pyrrole nitrogens is 1. The lowest BCUT2D eigenvalue weighted by Crippen LogP contribution is -2.53. The number of nitrogens with one attached hydrogen (secondary N) is 1. The van der Waals surface area contributed by atoms with Crippen LogP contribution in [0.4, 0.5) is 29.3 Å². The van der Waals surface area contributed by atoms with Gasteiger partial charge in [0.05, 0.1) is 39.0 Å². The fourth-order valence-electron chi connectivity index (χ4n) is 6.95. The van der Waals surface area contributed by atoms with Crippen LogP contribution in [-0.4, -0.2) is 86.7 Å². The fraction of sp³-hybridized carbons (Fsp3) is 0.343. The van der Waals surface area contributed by atoms with Crippen molar-refractivity contribution in [3.8, 4) is 0 Å². The van der Waals surface area contributed by atoms with Crippen LogP contribution in [0.5, 0.6) is 0 Å². The molecule has 12 nitrogen and oxygen atoms in total. The van der Waals surface area contributed by atoms with E-state index < -0.39 is 35.5 Å². The number of aromatic amines is 1. The number of nitrogen functional groups attached to an aromatic ring is 1. The zero-order chi connectivity index (χ0) is 35.9. The highest BCUT2D eigenvalue weighted by atomic mass is 35.5. The van der Waals surface area contributed by atoms with Crippen molar-refractivity contribution in [1.82, 2.24) is 29.3 Å². The molecular weight excluding hydrogens is 689 g/mol. The number of ether oxygens (including phenoxy) is 1. The van der Waals surface area contributed by atoms with Gasteiger partial charge in [-0.15, -0.1) is 0 Å². The minimum absolute atomic E-state index is 0.0432. The quantitative estimate of drug-likeness (QED) is 0.226. The van der Waals surface area contributed by atoms with Gasteiger partial charge in [0.1, 0.15) is 0 Å². The smallest absolute Gasteiger partial charge is 0.418 e. The number of piperidine rings is 1. The lowest BCUT2D eigenvalue weighted by Gasteiger charge is -2.38. The minimum atomic E-state index is -4.79. The van der Waals surface area contributed by atoms with Gasteiger partial charge in [-0.1, -0.05) is 29.8 Å². The summed E-state index contributed by atoms with van der Waals surface area (Å²) in [4.78, 5) is 57.2. The summed E-state index contributed by atoms with van der Waals surface area (Å²) in [7, 11) is 0. The van der Waals surface area contributed by atoms with E-state index in [-0.39, 0.29) is 41.8 Å². The Morgan fingerprint density at radius 3 is 2.41 bits per heavy atom. The van der Waals surface area contributed by atoms with Crippen LogP contribution in [0.15, 0.2) is 71.9 Å². The number of carbonyl (C=O) groups is 2. The van der Waals surface area contributed by atoms with Crippen molar-refractivity contribution in [2.24, 2.45) is 0 Å². The van der Waals surface area contributed by atoms with Crippen molar-refractivity contribution >= 4 is 56.9 Å². The molecule has 5 heterocycles. The number of rotatable bonds is 6. The molecule has 2 aliphatic heterocycles. The van der Waals surface area contributed by atoms with E-state index >= 15 is 0 Å². The van der Waals surface area contributed by atoms with Crippen LogP contribution in [0, 0.1) is 0 Å². The number of hydrogen-bond acceptors (Lipinski definition) is 8. The van der Waals surface area contributed by atoms with E-state index in [4.69, 9.17) is 22.1 Å². The molecule has 266 valence electrons. The predicted octanol–water partition coefficient (Wildman–Crippen LogP) is 5.26. The normalized spacial score (nSPS) is 16.5. The van der Waals surface area contributed by atoms with Crippen molar-refractivity contribution < 1.29 is 27.5 Å². The Hall–Kier alpha value is -5.31. The molecule has 1 atom stereocenters. The lowest BCUT2D eigenvalue weighted by molar-refractivity contribution is -0.141. The van der Waals surface area contributed by atoms with Gasteiger partial charge in [0, 0.05) is 75.2 Å². The van der Waals surface area contributed by atoms with Gasteiger partial charge >= 0.3 is 18.0 Å². The number of anilines is 2. The maximum atomic E-state index is 13.9. The second-order valence-corrected chi connectivity index (χ2v) is 13.1. The zero-order valence-electron chi connectivity index (χ0n) is 27.3. The summed E-state index contributed by atoms with van der Waals surface area (Å²) in [6, 6.07) is 13.1. The van der Waals surface area contributed by atoms with Gasteiger partial charge in [-0.05, 0) is 48.7 Å². The number of para-hydroxylation sites is 1. The van der Waals surface area contributed by atoms with Crippen LogP contribution in [0.1, 0.15) is 30.0 Å². The third-order valence-corrected chi connectivity index (χ3v) is 9.92. The number of pyridine rings is 2. The largest absolute Gasteiger partial charge is 0.436 e. The summed E-state index contributed by atoms with van der Waals surface area (Å²) >= 11 is 6.09. The molecule has 5 aromatic rings. The van der Waals surface area contributed by atoms with Crippen LogP contribution < -0.4 is 16.3 Å². The first-order chi connectivity index (χ1) is 24.5. The average molecular weight is 723 g/mol. The lowest BCUT2D eigenvalue weighted by atomic mass is 10.0. The van der Waals surface area contributed by atoms with Gasteiger partial charge in [-0.25, -0.2) is 9.59 Å². The van der Waals surface area contributed by atoms with E-state index in [0.29, 0.717) is 50.1 Å². The van der Waals surface area contributed by atoms with Crippen LogP contribution >= 0.6 is 11.6 Å². The predicted molar refractivity (Wildman–Crippen MR) is 186 cm³/mol. The van der Waals surface area contributed by atoms with Gasteiger partial charge in [-0.3, -0.25) is 19.3 Å². The van der Waals surface area contributed by atoms with E-state index in [1.807, 2.05) is 36.4 Å². The van der Waals surface area contributed by atoms with Crippen LogP contribution in [0.2, 0.25) is 5.02 Å². The van der Waals surface area contributed by atoms with E-state index in [1.165, 1.54) is 11.0 Å².